The lowest BCUT2D eigenvalue weighted by atomic mass is 9.89. The summed E-state index contributed by atoms with van der Waals surface area (Å²) in [5.74, 6) is -1.43. The molecule has 2 aromatic rings. The SMILES string of the molecule is Cc1c(C)c(/C(Cl)=C2\C=Cc3ccccc3\C2=N\CN)c(O)c(O)c1O. The van der Waals surface area contributed by atoms with Crippen molar-refractivity contribution >= 4 is 28.4 Å². The van der Waals surface area contributed by atoms with Gasteiger partial charge in [0, 0.05) is 16.7 Å². The number of aliphatic imine (C=N–C) groups is 1. The van der Waals surface area contributed by atoms with Gasteiger partial charge in [-0.15, -0.1) is 0 Å². The lowest BCUT2D eigenvalue weighted by molar-refractivity contribution is 0.365. The highest BCUT2D eigenvalue weighted by molar-refractivity contribution is 6.53. The molecule has 0 unspecified atom stereocenters. The zero-order chi connectivity index (χ0) is 19.0. The summed E-state index contributed by atoms with van der Waals surface area (Å²) in [6.07, 6.45) is 3.71. The number of benzene rings is 2. The zero-order valence-electron chi connectivity index (χ0n) is 14.4. The smallest absolute Gasteiger partial charge is 0.201 e. The molecule has 0 saturated heterocycles. The average molecular weight is 371 g/mol. The van der Waals surface area contributed by atoms with Crippen molar-refractivity contribution in [3.8, 4) is 17.2 Å². The fourth-order valence-electron chi connectivity index (χ4n) is 3.05. The largest absolute Gasteiger partial charge is 0.504 e. The monoisotopic (exact) mass is 370 g/mol. The highest BCUT2D eigenvalue weighted by Crippen LogP contribution is 2.47. The minimum atomic E-state index is -0.598. The van der Waals surface area contributed by atoms with Gasteiger partial charge < -0.3 is 21.1 Å². The van der Waals surface area contributed by atoms with Crippen LogP contribution in [-0.2, 0) is 0 Å². The van der Waals surface area contributed by atoms with Gasteiger partial charge in [-0.05, 0) is 30.5 Å². The molecule has 0 saturated carbocycles. The van der Waals surface area contributed by atoms with E-state index in [1.165, 1.54) is 0 Å². The maximum Gasteiger partial charge on any atom is 0.201 e. The van der Waals surface area contributed by atoms with Crippen molar-refractivity contribution in [1.82, 2.24) is 0 Å². The molecule has 0 atom stereocenters. The van der Waals surface area contributed by atoms with E-state index in [2.05, 4.69) is 4.99 Å². The first-order valence-electron chi connectivity index (χ1n) is 8.05. The van der Waals surface area contributed by atoms with Crippen LogP contribution >= 0.6 is 11.6 Å². The van der Waals surface area contributed by atoms with Crippen LogP contribution in [0, 0.1) is 13.8 Å². The Morgan fingerprint density at radius 1 is 1.00 bits per heavy atom. The molecule has 0 amide bonds. The fraction of sp³-hybridized carbons (Fsp3) is 0.150. The van der Waals surface area contributed by atoms with Crippen molar-refractivity contribution in [3.05, 3.63) is 63.7 Å². The van der Waals surface area contributed by atoms with E-state index in [4.69, 9.17) is 17.3 Å². The van der Waals surface area contributed by atoms with Crippen molar-refractivity contribution in [1.29, 1.82) is 0 Å². The van der Waals surface area contributed by atoms with E-state index in [1.54, 1.807) is 19.9 Å². The Bertz CT molecular complexity index is 962. The number of allylic oxidation sites excluding steroid dienone is 2. The molecule has 26 heavy (non-hydrogen) atoms. The maximum absolute atomic E-state index is 10.4. The first-order valence-corrected chi connectivity index (χ1v) is 8.42. The molecule has 0 spiro atoms. The second-order valence-electron chi connectivity index (χ2n) is 6.01. The molecule has 0 heterocycles. The highest BCUT2D eigenvalue weighted by atomic mass is 35.5. The molecule has 5 N–H and O–H groups in total. The minimum Gasteiger partial charge on any atom is -0.504 e. The molecule has 0 aliphatic heterocycles. The number of aromatic hydroxyl groups is 3. The highest BCUT2D eigenvalue weighted by Gasteiger charge is 2.25. The van der Waals surface area contributed by atoms with Gasteiger partial charge in [0.25, 0.3) is 0 Å². The van der Waals surface area contributed by atoms with Crippen LogP contribution < -0.4 is 5.73 Å². The van der Waals surface area contributed by atoms with Crippen LogP contribution in [0.1, 0.15) is 27.8 Å². The van der Waals surface area contributed by atoms with Crippen LogP contribution in [0.2, 0.25) is 0 Å². The average Bonchev–Trinajstić information content (AvgIpc) is 2.65. The van der Waals surface area contributed by atoms with Gasteiger partial charge in [-0.3, -0.25) is 4.99 Å². The number of nitrogens with two attached hydrogens (primary N) is 1. The molecule has 0 aromatic heterocycles. The number of hydrogen-bond acceptors (Lipinski definition) is 5. The van der Waals surface area contributed by atoms with Crippen LogP contribution in [0.4, 0.5) is 0 Å². The summed E-state index contributed by atoms with van der Waals surface area (Å²) in [6.45, 7) is 3.44. The summed E-state index contributed by atoms with van der Waals surface area (Å²) in [7, 11) is 0. The van der Waals surface area contributed by atoms with E-state index in [1.807, 2.05) is 30.3 Å². The number of fused-ring (bicyclic) bond motifs is 1. The van der Waals surface area contributed by atoms with E-state index < -0.39 is 11.5 Å². The number of hydrogen-bond donors (Lipinski definition) is 4. The van der Waals surface area contributed by atoms with E-state index in [-0.39, 0.29) is 23.0 Å². The van der Waals surface area contributed by atoms with Gasteiger partial charge in [0.15, 0.2) is 11.5 Å². The summed E-state index contributed by atoms with van der Waals surface area (Å²) in [5.41, 5.74) is 9.96. The van der Waals surface area contributed by atoms with Gasteiger partial charge in [0.2, 0.25) is 5.75 Å². The Morgan fingerprint density at radius 3 is 2.38 bits per heavy atom. The molecule has 0 bridgehead atoms. The molecule has 1 aliphatic rings. The third-order valence-corrected chi connectivity index (χ3v) is 4.98. The summed E-state index contributed by atoms with van der Waals surface area (Å²) >= 11 is 6.64. The van der Waals surface area contributed by atoms with Gasteiger partial charge in [0.1, 0.15) is 0 Å². The van der Waals surface area contributed by atoms with Gasteiger partial charge in [-0.25, -0.2) is 0 Å². The summed E-state index contributed by atoms with van der Waals surface area (Å²) in [4.78, 5) is 4.38. The topological polar surface area (TPSA) is 99.1 Å². The Labute approximate surface area is 156 Å². The standard InChI is InChI=1S/C20H19ClN2O3/c1-10-11(2)18(24)20(26)19(25)15(10)16(21)14-8-7-12-5-3-4-6-13(12)17(14)23-9-22/h3-8,24-26H,9,22H2,1-2H3/b16-14-,23-17-. The Balaban J connectivity index is 2.32. The molecule has 0 radical (unpaired) electrons. The third-order valence-electron chi connectivity index (χ3n) is 4.58. The quantitative estimate of drug-likeness (QED) is 0.604. The predicted octanol–water partition coefficient (Wildman–Crippen LogP) is 3.80. The van der Waals surface area contributed by atoms with E-state index in [0.29, 0.717) is 22.4 Å². The first-order chi connectivity index (χ1) is 12.4. The fourth-order valence-corrected chi connectivity index (χ4v) is 3.43. The Morgan fingerprint density at radius 2 is 1.69 bits per heavy atom. The number of halogens is 1. The molecule has 2 aromatic carbocycles. The molecular formula is C20H19ClN2O3. The normalized spacial score (nSPS) is 16.7. The van der Waals surface area contributed by atoms with Crippen molar-refractivity contribution in [2.45, 2.75) is 13.8 Å². The lowest BCUT2D eigenvalue weighted by Crippen LogP contribution is -2.13. The third kappa shape index (κ3) is 2.75. The van der Waals surface area contributed by atoms with Crippen molar-refractivity contribution in [2.24, 2.45) is 10.7 Å². The number of rotatable bonds is 2. The molecular weight excluding hydrogens is 352 g/mol. The summed E-state index contributed by atoms with van der Waals surface area (Å²) in [6, 6.07) is 7.71. The van der Waals surface area contributed by atoms with Crippen LogP contribution in [-0.4, -0.2) is 27.7 Å². The van der Waals surface area contributed by atoms with Crippen LogP contribution in [0.25, 0.3) is 11.1 Å². The minimum absolute atomic E-state index is 0.0794. The number of phenolic OH excluding ortho intramolecular Hbond substituents is 3. The number of nitrogens with zero attached hydrogens (tertiary/aromatic N) is 1. The van der Waals surface area contributed by atoms with E-state index in [0.717, 1.165) is 11.1 Å². The van der Waals surface area contributed by atoms with Crippen molar-refractivity contribution in [2.75, 3.05) is 6.67 Å². The number of phenols is 3. The Kier molecular flexibility index (Phi) is 4.76. The van der Waals surface area contributed by atoms with Gasteiger partial charge in [0.05, 0.1) is 17.4 Å². The van der Waals surface area contributed by atoms with E-state index >= 15 is 0 Å². The summed E-state index contributed by atoms with van der Waals surface area (Å²) < 4.78 is 0. The van der Waals surface area contributed by atoms with Gasteiger partial charge in [-0.2, -0.15) is 0 Å². The summed E-state index contributed by atoms with van der Waals surface area (Å²) in [5, 5.41) is 30.5. The second kappa shape index (κ2) is 6.86. The molecule has 1 aliphatic carbocycles. The second-order valence-corrected chi connectivity index (χ2v) is 6.39. The van der Waals surface area contributed by atoms with Crippen molar-refractivity contribution < 1.29 is 15.3 Å². The lowest BCUT2D eigenvalue weighted by Gasteiger charge is -2.20. The molecule has 5 nitrogen and oxygen atoms in total. The molecule has 0 fully saturated rings. The van der Waals surface area contributed by atoms with Crippen LogP contribution in [0.15, 0.2) is 40.9 Å². The van der Waals surface area contributed by atoms with Crippen molar-refractivity contribution in [3.63, 3.8) is 0 Å². The first kappa shape index (κ1) is 18.0. The molecule has 3 rings (SSSR count). The molecule has 134 valence electrons. The van der Waals surface area contributed by atoms with E-state index in [9.17, 15) is 15.3 Å². The molecule has 6 heteroatoms. The van der Waals surface area contributed by atoms with Crippen LogP contribution in [0.5, 0.6) is 17.2 Å². The maximum atomic E-state index is 10.4. The zero-order valence-corrected chi connectivity index (χ0v) is 15.2. The Hall–Kier alpha value is -2.76. The van der Waals surface area contributed by atoms with Crippen LogP contribution in [0.3, 0.4) is 0 Å². The van der Waals surface area contributed by atoms with Gasteiger partial charge >= 0.3 is 0 Å². The van der Waals surface area contributed by atoms with Gasteiger partial charge in [-0.1, -0.05) is 48.0 Å². The predicted molar refractivity (Wildman–Crippen MR) is 105 cm³/mol.